The summed E-state index contributed by atoms with van der Waals surface area (Å²) in [5, 5.41) is 1.89. The number of hydrogen-bond acceptors (Lipinski definition) is 4. The van der Waals surface area contributed by atoms with Crippen LogP contribution in [-0.2, 0) is 13.0 Å². The van der Waals surface area contributed by atoms with Gasteiger partial charge in [-0.05, 0) is 49.6 Å². The normalized spacial score (nSPS) is 18.4. The topological polar surface area (TPSA) is 19.4 Å². The van der Waals surface area contributed by atoms with Gasteiger partial charge in [-0.2, -0.15) is 0 Å². The van der Waals surface area contributed by atoms with Gasteiger partial charge in [-0.3, -0.25) is 4.90 Å². The number of piperazine rings is 1. The summed E-state index contributed by atoms with van der Waals surface area (Å²) < 4.78 is 1.17. The van der Waals surface area contributed by atoms with Crippen LogP contribution in [0.2, 0.25) is 5.02 Å². The molecule has 1 aliphatic rings. The lowest BCUT2D eigenvalue weighted by Gasteiger charge is -2.40. The number of halogens is 1. The van der Waals surface area contributed by atoms with E-state index in [1.54, 1.807) is 11.3 Å². The Morgan fingerprint density at radius 2 is 1.96 bits per heavy atom. The van der Waals surface area contributed by atoms with Crippen molar-refractivity contribution in [1.29, 1.82) is 0 Å². The standard InChI is InChI=1S/C22H26ClN3S/c1-4-17-9-15(2)10-18(11-17)14-25-7-8-26(13-16(25)3)22-24-20-6-5-19(23)12-21(20)27-22/h5-6,9-12,16H,4,7-8,13-14H2,1-3H3/t16-/m0/s1. The minimum Gasteiger partial charge on any atom is -0.345 e. The molecule has 0 amide bonds. The Bertz CT molecular complexity index is 952. The minimum atomic E-state index is 0.500. The molecule has 0 unspecified atom stereocenters. The summed E-state index contributed by atoms with van der Waals surface area (Å²) in [6, 6.07) is 13.4. The van der Waals surface area contributed by atoms with Gasteiger partial charge in [0.15, 0.2) is 5.13 Å². The summed E-state index contributed by atoms with van der Waals surface area (Å²) in [7, 11) is 0. The highest BCUT2D eigenvalue weighted by Gasteiger charge is 2.25. The molecule has 142 valence electrons. The van der Waals surface area contributed by atoms with Gasteiger partial charge in [-0.25, -0.2) is 4.98 Å². The Labute approximate surface area is 170 Å². The molecule has 1 aromatic heterocycles. The molecule has 1 aliphatic heterocycles. The molecule has 0 saturated carbocycles. The van der Waals surface area contributed by atoms with Crippen molar-refractivity contribution in [2.75, 3.05) is 24.5 Å². The fraction of sp³-hybridized carbons (Fsp3) is 0.409. The SMILES string of the molecule is CCc1cc(C)cc(CN2CCN(c3nc4ccc(Cl)cc4s3)C[C@@H]2C)c1. The summed E-state index contributed by atoms with van der Waals surface area (Å²) in [6.07, 6.45) is 1.10. The number of hydrogen-bond donors (Lipinski definition) is 0. The van der Waals surface area contributed by atoms with E-state index in [9.17, 15) is 0 Å². The number of nitrogens with zero attached hydrogens (tertiary/aromatic N) is 3. The third-order valence-electron chi connectivity index (χ3n) is 5.37. The molecule has 1 fully saturated rings. The largest absolute Gasteiger partial charge is 0.345 e. The van der Waals surface area contributed by atoms with E-state index in [1.165, 1.54) is 21.4 Å². The molecule has 0 spiro atoms. The van der Waals surface area contributed by atoms with Gasteiger partial charge < -0.3 is 4.90 Å². The molecule has 1 atom stereocenters. The molecular weight excluding hydrogens is 374 g/mol. The van der Waals surface area contributed by atoms with Crippen LogP contribution in [0.3, 0.4) is 0 Å². The van der Waals surface area contributed by atoms with Gasteiger partial charge in [0.25, 0.3) is 0 Å². The number of anilines is 1. The Morgan fingerprint density at radius 3 is 2.74 bits per heavy atom. The first kappa shape index (κ1) is 18.7. The molecule has 3 nitrogen and oxygen atoms in total. The summed E-state index contributed by atoms with van der Waals surface area (Å²) in [6.45, 7) is 10.9. The number of thiazole rings is 1. The number of aromatic nitrogens is 1. The Morgan fingerprint density at radius 1 is 1.15 bits per heavy atom. The molecule has 0 bridgehead atoms. The van der Waals surface area contributed by atoms with Crippen LogP contribution in [-0.4, -0.2) is 35.6 Å². The number of rotatable bonds is 4. The predicted molar refractivity (Wildman–Crippen MR) is 117 cm³/mol. The lowest BCUT2D eigenvalue weighted by Crippen LogP contribution is -2.51. The van der Waals surface area contributed by atoms with Gasteiger partial charge in [0.05, 0.1) is 10.2 Å². The molecule has 1 saturated heterocycles. The van der Waals surface area contributed by atoms with Gasteiger partial charge in [-0.1, -0.05) is 53.6 Å². The maximum atomic E-state index is 6.12. The number of aryl methyl sites for hydroxylation is 2. The van der Waals surface area contributed by atoms with Crippen LogP contribution < -0.4 is 4.90 Å². The summed E-state index contributed by atoms with van der Waals surface area (Å²) in [5.74, 6) is 0. The third-order valence-corrected chi connectivity index (χ3v) is 6.68. The van der Waals surface area contributed by atoms with E-state index in [-0.39, 0.29) is 0 Å². The lowest BCUT2D eigenvalue weighted by atomic mass is 10.0. The van der Waals surface area contributed by atoms with Gasteiger partial charge >= 0.3 is 0 Å². The second kappa shape index (κ2) is 7.78. The Hall–Kier alpha value is -1.62. The van der Waals surface area contributed by atoms with E-state index in [1.807, 2.05) is 18.2 Å². The number of fused-ring (bicyclic) bond motifs is 1. The van der Waals surface area contributed by atoms with Crippen LogP contribution in [0.15, 0.2) is 36.4 Å². The van der Waals surface area contributed by atoms with Crippen molar-refractivity contribution in [3.8, 4) is 0 Å². The highest BCUT2D eigenvalue weighted by molar-refractivity contribution is 7.22. The van der Waals surface area contributed by atoms with Gasteiger partial charge in [0.2, 0.25) is 0 Å². The molecule has 0 aliphatic carbocycles. The van der Waals surface area contributed by atoms with E-state index in [4.69, 9.17) is 16.6 Å². The van der Waals surface area contributed by atoms with Crippen LogP contribution in [0.1, 0.15) is 30.5 Å². The van der Waals surface area contributed by atoms with Crippen LogP contribution in [0.25, 0.3) is 10.2 Å². The molecule has 4 rings (SSSR count). The van der Waals surface area contributed by atoms with Crippen LogP contribution in [0.4, 0.5) is 5.13 Å². The molecule has 0 radical (unpaired) electrons. The van der Waals surface area contributed by atoms with Gasteiger partial charge in [0.1, 0.15) is 0 Å². The van der Waals surface area contributed by atoms with Gasteiger partial charge in [-0.15, -0.1) is 0 Å². The van der Waals surface area contributed by atoms with Gasteiger partial charge in [0, 0.05) is 37.2 Å². The van der Waals surface area contributed by atoms with E-state index < -0.39 is 0 Å². The van der Waals surface area contributed by atoms with Crippen molar-refractivity contribution in [2.24, 2.45) is 0 Å². The van der Waals surface area contributed by atoms with E-state index in [2.05, 4.69) is 48.8 Å². The van der Waals surface area contributed by atoms with Crippen molar-refractivity contribution >= 4 is 38.3 Å². The van der Waals surface area contributed by atoms with Crippen molar-refractivity contribution in [2.45, 2.75) is 39.8 Å². The maximum absolute atomic E-state index is 6.12. The first-order chi connectivity index (χ1) is 13.0. The molecule has 5 heteroatoms. The molecule has 3 aromatic rings. The monoisotopic (exact) mass is 399 g/mol. The Kier molecular flexibility index (Phi) is 5.40. The summed E-state index contributed by atoms with van der Waals surface area (Å²) >= 11 is 7.87. The average molecular weight is 400 g/mol. The zero-order valence-corrected chi connectivity index (χ0v) is 17.8. The average Bonchev–Trinajstić information content (AvgIpc) is 3.06. The molecular formula is C22H26ClN3S. The molecule has 2 aromatic carbocycles. The van der Waals surface area contributed by atoms with Crippen LogP contribution in [0.5, 0.6) is 0 Å². The Balaban J connectivity index is 1.46. The van der Waals surface area contributed by atoms with Crippen LogP contribution in [0, 0.1) is 6.92 Å². The van der Waals surface area contributed by atoms with Crippen LogP contribution >= 0.6 is 22.9 Å². The summed E-state index contributed by atoms with van der Waals surface area (Å²) in [5.41, 5.74) is 5.27. The zero-order valence-electron chi connectivity index (χ0n) is 16.2. The molecule has 2 heterocycles. The third kappa shape index (κ3) is 4.13. The van der Waals surface area contributed by atoms with E-state index in [0.29, 0.717) is 6.04 Å². The van der Waals surface area contributed by atoms with Crippen molar-refractivity contribution in [3.63, 3.8) is 0 Å². The smallest absolute Gasteiger partial charge is 0.186 e. The summed E-state index contributed by atoms with van der Waals surface area (Å²) in [4.78, 5) is 9.84. The highest BCUT2D eigenvalue weighted by Crippen LogP contribution is 2.32. The second-order valence-electron chi connectivity index (χ2n) is 7.55. The zero-order chi connectivity index (χ0) is 19.0. The first-order valence-electron chi connectivity index (χ1n) is 9.66. The second-order valence-corrected chi connectivity index (χ2v) is 9.00. The maximum Gasteiger partial charge on any atom is 0.186 e. The van der Waals surface area contributed by atoms with E-state index in [0.717, 1.165) is 48.3 Å². The van der Waals surface area contributed by atoms with E-state index >= 15 is 0 Å². The fourth-order valence-corrected chi connectivity index (χ4v) is 5.18. The van der Waals surface area contributed by atoms with Crippen molar-refractivity contribution in [3.05, 3.63) is 58.1 Å². The fourth-order valence-electron chi connectivity index (χ4n) is 3.90. The first-order valence-corrected chi connectivity index (χ1v) is 10.9. The molecule has 0 N–H and O–H groups in total. The molecule has 27 heavy (non-hydrogen) atoms. The highest BCUT2D eigenvalue weighted by atomic mass is 35.5. The minimum absolute atomic E-state index is 0.500. The van der Waals surface area contributed by atoms with Crippen molar-refractivity contribution < 1.29 is 0 Å². The number of benzene rings is 2. The predicted octanol–water partition coefficient (Wildman–Crippen LogP) is 5.53. The lowest BCUT2D eigenvalue weighted by molar-refractivity contribution is 0.181. The quantitative estimate of drug-likeness (QED) is 0.574. The van der Waals surface area contributed by atoms with Crippen molar-refractivity contribution in [1.82, 2.24) is 9.88 Å².